The Bertz CT molecular complexity index is 611. The molecule has 0 aliphatic carbocycles. The van der Waals surface area contributed by atoms with E-state index in [1.165, 1.54) is 0 Å². The summed E-state index contributed by atoms with van der Waals surface area (Å²) in [5.74, 6) is -0.520. The Kier molecular flexibility index (Phi) is 4.53. The van der Waals surface area contributed by atoms with Gasteiger partial charge in [0.15, 0.2) is 0 Å². The number of nitrogens with zero attached hydrogens (tertiary/aromatic N) is 2. The average molecular weight is 273 g/mol. The fraction of sp³-hybridized carbons (Fsp3) is 0.333. The van der Waals surface area contributed by atoms with E-state index in [-0.39, 0.29) is 5.56 Å². The normalized spacial score (nSPS) is 10.9. The highest BCUT2D eigenvalue weighted by atomic mass is 16.4. The molecule has 0 atom stereocenters. The highest BCUT2D eigenvalue weighted by Crippen LogP contribution is 2.20. The summed E-state index contributed by atoms with van der Waals surface area (Å²) >= 11 is 0. The van der Waals surface area contributed by atoms with Crippen LogP contribution in [0.3, 0.4) is 0 Å². The van der Waals surface area contributed by atoms with Crippen molar-refractivity contribution in [2.75, 3.05) is 32.5 Å². The predicted molar refractivity (Wildman–Crippen MR) is 80.4 cm³/mol. The van der Waals surface area contributed by atoms with Gasteiger partial charge in [0.1, 0.15) is 11.4 Å². The first-order valence-corrected chi connectivity index (χ1v) is 6.59. The van der Waals surface area contributed by atoms with Gasteiger partial charge in [-0.25, -0.2) is 9.78 Å². The Morgan fingerprint density at radius 3 is 2.80 bits per heavy atom. The van der Waals surface area contributed by atoms with Gasteiger partial charge in [0, 0.05) is 11.9 Å². The molecule has 0 radical (unpaired) electrons. The van der Waals surface area contributed by atoms with E-state index in [2.05, 4.69) is 15.2 Å². The summed E-state index contributed by atoms with van der Waals surface area (Å²) in [5.41, 5.74) is 1.01. The summed E-state index contributed by atoms with van der Waals surface area (Å²) in [6.07, 6.45) is 0.931. The standard InChI is InChI=1S/C15H19N3O2/c1-18(2)9-5-8-16-14-12(15(19)20)10-11-6-3-4-7-13(11)17-14/h3-4,6-7,10H,5,8-9H2,1-2H3,(H,16,17)(H,19,20). The molecule has 20 heavy (non-hydrogen) atoms. The molecule has 0 bridgehead atoms. The first-order chi connectivity index (χ1) is 9.58. The number of rotatable bonds is 6. The van der Waals surface area contributed by atoms with E-state index in [9.17, 15) is 9.90 Å². The third-order valence-corrected chi connectivity index (χ3v) is 3.03. The number of aromatic carboxylic acids is 1. The zero-order chi connectivity index (χ0) is 14.5. The Balaban J connectivity index is 2.21. The highest BCUT2D eigenvalue weighted by molar-refractivity contribution is 5.98. The van der Waals surface area contributed by atoms with Gasteiger partial charge in [-0.15, -0.1) is 0 Å². The van der Waals surface area contributed by atoms with Crippen molar-refractivity contribution >= 4 is 22.7 Å². The SMILES string of the molecule is CN(C)CCCNc1nc2ccccc2cc1C(=O)O. The van der Waals surface area contributed by atoms with Gasteiger partial charge in [-0.05, 0) is 39.2 Å². The van der Waals surface area contributed by atoms with Crippen molar-refractivity contribution in [3.63, 3.8) is 0 Å². The van der Waals surface area contributed by atoms with Gasteiger partial charge in [-0.2, -0.15) is 0 Å². The molecule has 1 heterocycles. The second kappa shape index (κ2) is 6.34. The number of para-hydroxylation sites is 1. The zero-order valence-corrected chi connectivity index (χ0v) is 11.8. The maximum atomic E-state index is 11.3. The highest BCUT2D eigenvalue weighted by Gasteiger charge is 2.12. The average Bonchev–Trinajstić information content (AvgIpc) is 2.42. The fourth-order valence-corrected chi connectivity index (χ4v) is 2.02. The maximum absolute atomic E-state index is 11.3. The minimum absolute atomic E-state index is 0.216. The van der Waals surface area contributed by atoms with E-state index in [0.29, 0.717) is 12.4 Å². The van der Waals surface area contributed by atoms with Crippen molar-refractivity contribution in [3.8, 4) is 0 Å². The second-order valence-electron chi connectivity index (χ2n) is 4.97. The van der Waals surface area contributed by atoms with E-state index >= 15 is 0 Å². The largest absolute Gasteiger partial charge is 0.478 e. The summed E-state index contributed by atoms with van der Waals surface area (Å²) in [7, 11) is 4.02. The summed E-state index contributed by atoms with van der Waals surface area (Å²) < 4.78 is 0. The molecule has 0 unspecified atom stereocenters. The van der Waals surface area contributed by atoms with Crippen LogP contribution in [0.15, 0.2) is 30.3 Å². The van der Waals surface area contributed by atoms with Gasteiger partial charge >= 0.3 is 5.97 Å². The first kappa shape index (κ1) is 14.3. The number of aromatic nitrogens is 1. The smallest absolute Gasteiger partial charge is 0.339 e. The molecule has 0 spiro atoms. The van der Waals surface area contributed by atoms with E-state index < -0.39 is 5.97 Å². The zero-order valence-electron chi connectivity index (χ0n) is 11.8. The minimum atomic E-state index is -0.960. The van der Waals surface area contributed by atoms with Crippen LogP contribution in [0.1, 0.15) is 16.8 Å². The molecule has 2 aromatic rings. The van der Waals surface area contributed by atoms with Crippen LogP contribution in [0.5, 0.6) is 0 Å². The van der Waals surface area contributed by atoms with E-state index in [4.69, 9.17) is 0 Å². The van der Waals surface area contributed by atoms with Crippen molar-refractivity contribution in [2.24, 2.45) is 0 Å². The number of carbonyl (C=O) groups is 1. The lowest BCUT2D eigenvalue weighted by Gasteiger charge is -2.12. The molecule has 0 amide bonds. The van der Waals surface area contributed by atoms with Crippen LogP contribution in [0.2, 0.25) is 0 Å². The molecule has 5 heteroatoms. The van der Waals surface area contributed by atoms with Crippen LogP contribution in [0.25, 0.3) is 10.9 Å². The Morgan fingerprint density at radius 1 is 1.35 bits per heavy atom. The van der Waals surface area contributed by atoms with Crippen molar-refractivity contribution in [3.05, 3.63) is 35.9 Å². The Morgan fingerprint density at radius 2 is 2.10 bits per heavy atom. The maximum Gasteiger partial charge on any atom is 0.339 e. The van der Waals surface area contributed by atoms with Crippen LogP contribution >= 0.6 is 0 Å². The summed E-state index contributed by atoms with van der Waals surface area (Å²) in [4.78, 5) is 17.8. The molecule has 0 fully saturated rings. The van der Waals surface area contributed by atoms with Crippen molar-refractivity contribution in [1.29, 1.82) is 0 Å². The second-order valence-corrected chi connectivity index (χ2v) is 4.97. The monoisotopic (exact) mass is 273 g/mol. The third-order valence-electron chi connectivity index (χ3n) is 3.03. The fourth-order valence-electron chi connectivity index (χ4n) is 2.02. The first-order valence-electron chi connectivity index (χ1n) is 6.59. The van der Waals surface area contributed by atoms with Gasteiger partial charge in [-0.3, -0.25) is 0 Å². The minimum Gasteiger partial charge on any atom is -0.478 e. The predicted octanol–water partition coefficient (Wildman–Crippen LogP) is 2.30. The molecule has 0 aliphatic heterocycles. The number of hydrogen-bond donors (Lipinski definition) is 2. The van der Waals surface area contributed by atoms with E-state index in [1.807, 2.05) is 38.4 Å². The topological polar surface area (TPSA) is 65.5 Å². The third kappa shape index (κ3) is 3.45. The lowest BCUT2D eigenvalue weighted by atomic mass is 10.1. The van der Waals surface area contributed by atoms with E-state index in [1.54, 1.807) is 6.07 Å². The van der Waals surface area contributed by atoms with Gasteiger partial charge in [0.05, 0.1) is 5.52 Å². The molecule has 0 saturated heterocycles. The van der Waals surface area contributed by atoms with Crippen molar-refractivity contribution in [2.45, 2.75) is 6.42 Å². The van der Waals surface area contributed by atoms with Gasteiger partial charge in [0.2, 0.25) is 0 Å². The quantitative estimate of drug-likeness (QED) is 0.791. The number of carboxylic acid groups (broad SMARTS) is 1. The van der Waals surface area contributed by atoms with E-state index in [0.717, 1.165) is 23.9 Å². The molecule has 0 saturated carbocycles. The summed E-state index contributed by atoms with van der Waals surface area (Å²) in [6, 6.07) is 9.18. The molecule has 1 aromatic heterocycles. The van der Waals surface area contributed by atoms with Crippen LogP contribution in [-0.2, 0) is 0 Å². The molecule has 2 N–H and O–H groups in total. The molecular formula is C15H19N3O2. The molecule has 106 valence electrons. The molecule has 5 nitrogen and oxygen atoms in total. The lowest BCUT2D eigenvalue weighted by Crippen LogP contribution is -2.17. The van der Waals surface area contributed by atoms with Crippen LogP contribution < -0.4 is 5.32 Å². The Labute approximate surface area is 118 Å². The van der Waals surface area contributed by atoms with Crippen LogP contribution in [0, 0.1) is 0 Å². The molecule has 2 rings (SSSR count). The number of pyridine rings is 1. The van der Waals surface area contributed by atoms with Gasteiger partial charge in [0.25, 0.3) is 0 Å². The van der Waals surface area contributed by atoms with Gasteiger partial charge < -0.3 is 15.3 Å². The van der Waals surface area contributed by atoms with Crippen molar-refractivity contribution < 1.29 is 9.90 Å². The Hall–Kier alpha value is -2.14. The number of benzene rings is 1. The number of hydrogen-bond acceptors (Lipinski definition) is 4. The number of nitrogens with one attached hydrogen (secondary N) is 1. The molecular weight excluding hydrogens is 254 g/mol. The summed E-state index contributed by atoms with van der Waals surface area (Å²) in [5, 5.41) is 13.2. The summed E-state index contributed by atoms with van der Waals surface area (Å²) in [6.45, 7) is 1.65. The van der Waals surface area contributed by atoms with Gasteiger partial charge in [-0.1, -0.05) is 18.2 Å². The number of carboxylic acids is 1. The lowest BCUT2D eigenvalue weighted by molar-refractivity contribution is 0.0698. The molecule has 1 aromatic carbocycles. The van der Waals surface area contributed by atoms with Crippen LogP contribution in [-0.4, -0.2) is 48.1 Å². The number of fused-ring (bicyclic) bond motifs is 1. The van der Waals surface area contributed by atoms with Crippen molar-refractivity contribution in [1.82, 2.24) is 9.88 Å². The molecule has 0 aliphatic rings. The number of anilines is 1. The van der Waals surface area contributed by atoms with Crippen LogP contribution in [0.4, 0.5) is 5.82 Å².